The van der Waals surface area contributed by atoms with Gasteiger partial charge in [0.05, 0.1) is 16.6 Å². The number of carbonyl (C=O) groups is 1. The standard InChI is InChI=1S/C24H24N4O3S2/c1-3-15(2)28-23(31)19(33-24(28)32)13-17-21(25-14-18(29)16-9-5-4-6-10-16)26-20-11-7-8-12-27(20)22(17)30/h4-13,15,18,25,29H,3,14H2,1-2H3/b19-13-. The number of nitrogens with one attached hydrogen (secondary N) is 1. The van der Waals surface area contributed by atoms with Crippen molar-refractivity contribution in [3.63, 3.8) is 0 Å². The zero-order valence-electron chi connectivity index (χ0n) is 18.3. The van der Waals surface area contributed by atoms with E-state index >= 15 is 0 Å². The van der Waals surface area contributed by atoms with Crippen LogP contribution in [0.15, 0.2) is 64.4 Å². The number of carbonyl (C=O) groups excluding carboxylic acids is 1. The van der Waals surface area contributed by atoms with Crippen LogP contribution in [0.2, 0.25) is 0 Å². The highest BCUT2D eigenvalue weighted by Crippen LogP contribution is 2.34. The Hall–Kier alpha value is -3.01. The lowest BCUT2D eigenvalue weighted by Gasteiger charge is -2.21. The number of benzene rings is 1. The lowest BCUT2D eigenvalue weighted by Crippen LogP contribution is -2.36. The molecule has 0 saturated carbocycles. The third kappa shape index (κ3) is 4.71. The highest BCUT2D eigenvalue weighted by atomic mass is 32.2. The normalized spacial score (nSPS) is 17.1. The third-order valence-electron chi connectivity index (χ3n) is 5.55. The molecule has 0 aliphatic carbocycles. The lowest BCUT2D eigenvalue weighted by atomic mass is 10.1. The maximum Gasteiger partial charge on any atom is 0.267 e. The van der Waals surface area contributed by atoms with E-state index in [2.05, 4.69) is 10.3 Å². The first-order chi connectivity index (χ1) is 15.9. The van der Waals surface area contributed by atoms with Gasteiger partial charge in [-0.3, -0.25) is 18.9 Å². The zero-order chi connectivity index (χ0) is 23.5. The van der Waals surface area contributed by atoms with Crippen molar-refractivity contribution in [1.29, 1.82) is 0 Å². The average molecular weight is 481 g/mol. The molecule has 1 fully saturated rings. The number of thiocarbonyl (C=S) groups is 1. The summed E-state index contributed by atoms with van der Waals surface area (Å²) in [6.45, 7) is 4.08. The number of amides is 1. The fourth-order valence-electron chi connectivity index (χ4n) is 3.53. The number of anilines is 1. The molecule has 3 aromatic rings. The van der Waals surface area contributed by atoms with Crippen LogP contribution in [0.5, 0.6) is 0 Å². The van der Waals surface area contributed by atoms with Crippen LogP contribution in [0.3, 0.4) is 0 Å². The molecule has 2 aromatic heterocycles. The second kappa shape index (κ2) is 9.86. The highest BCUT2D eigenvalue weighted by Gasteiger charge is 2.35. The van der Waals surface area contributed by atoms with Crippen LogP contribution in [-0.4, -0.2) is 42.2 Å². The van der Waals surface area contributed by atoms with Crippen LogP contribution in [0.25, 0.3) is 11.7 Å². The maximum absolute atomic E-state index is 13.3. The molecule has 9 heteroatoms. The maximum atomic E-state index is 13.3. The molecule has 1 aromatic carbocycles. The molecular weight excluding hydrogens is 456 g/mol. The first-order valence-corrected chi connectivity index (χ1v) is 11.9. The minimum absolute atomic E-state index is 0.0298. The van der Waals surface area contributed by atoms with Crippen molar-refractivity contribution in [1.82, 2.24) is 14.3 Å². The van der Waals surface area contributed by atoms with Crippen molar-refractivity contribution in [2.45, 2.75) is 32.4 Å². The molecule has 33 heavy (non-hydrogen) atoms. The first kappa shape index (κ1) is 23.2. The van der Waals surface area contributed by atoms with Crippen molar-refractivity contribution in [2.75, 3.05) is 11.9 Å². The fourth-order valence-corrected chi connectivity index (χ4v) is 4.97. The fraction of sp³-hybridized carbons (Fsp3) is 0.250. The molecular formula is C24H24N4O3S2. The van der Waals surface area contributed by atoms with Gasteiger partial charge in [0.15, 0.2) is 0 Å². The van der Waals surface area contributed by atoms with Gasteiger partial charge in [-0.1, -0.05) is 67.3 Å². The van der Waals surface area contributed by atoms with Gasteiger partial charge in [0.25, 0.3) is 11.5 Å². The summed E-state index contributed by atoms with van der Waals surface area (Å²) in [5.74, 6) is 0.0853. The second-order valence-electron chi connectivity index (χ2n) is 7.72. The van der Waals surface area contributed by atoms with E-state index in [0.717, 1.165) is 12.0 Å². The SMILES string of the molecule is CCC(C)N1C(=O)/C(=C/c2c(NCC(O)c3ccccc3)nc3ccccn3c2=O)SC1=S. The summed E-state index contributed by atoms with van der Waals surface area (Å²) in [5.41, 5.74) is 1.14. The van der Waals surface area contributed by atoms with Gasteiger partial charge >= 0.3 is 0 Å². The van der Waals surface area contributed by atoms with E-state index in [4.69, 9.17) is 12.2 Å². The van der Waals surface area contributed by atoms with E-state index in [1.54, 1.807) is 35.4 Å². The number of pyridine rings is 1. The number of thioether (sulfide) groups is 1. The molecule has 3 heterocycles. The van der Waals surface area contributed by atoms with Crippen molar-refractivity contribution >= 4 is 51.7 Å². The highest BCUT2D eigenvalue weighted by molar-refractivity contribution is 8.26. The van der Waals surface area contributed by atoms with Crippen molar-refractivity contribution < 1.29 is 9.90 Å². The number of aliphatic hydroxyl groups excluding tert-OH is 1. The lowest BCUT2D eigenvalue weighted by molar-refractivity contribution is -0.123. The van der Waals surface area contributed by atoms with E-state index in [1.807, 2.05) is 44.2 Å². The summed E-state index contributed by atoms with van der Waals surface area (Å²) >= 11 is 6.60. The predicted octanol–water partition coefficient (Wildman–Crippen LogP) is 3.84. The second-order valence-corrected chi connectivity index (χ2v) is 9.40. The van der Waals surface area contributed by atoms with Crippen LogP contribution >= 0.6 is 24.0 Å². The van der Waals surface area contributed by atoms with Gasteiger partial charge in [-0.25, -0.2) is 4.98 Å². The third-order valence-corrected chi connectivity index (χ3v) is 6.88. The monoisotopic (exact) mass is 480 g/mol. The summed E-state index contributed by atoms with van der Waals surface area (Å²) in [4.78, 5) is 32.9. The first-order valence-electron chi connectivity index (χ1n) is 10.7. The van der Waals surface area contributed by atoms with Crippen molar-refractivity contribution in [3.05, 3.63) is 81.1 Å². The molecule has 7 nitrogen and oxygen atoms in total. The Kier molecular flexibility index (Phi) is 6.92. The number of hydrogen-bond donors (Lipinski definition) is 2. The van der Waals surface area contributed by atoms with Crippen molar-refractivity contribution in [3.8, 4) is 0 Å². The molecule has 0 spiro atoms. The summed E-state index contributed by atoms with van der Waals surface area (Å²) in [6, 6.07) is 14.5. The smallest absolute Gasteiger partial charge is 0.267 e. The van der Waals surface area contributed by atoms with Crippen LogP contribution in [0, 0.1) is 0 Å². The van der Waals surface area contributed by atoms with Gasteiger partial charge in [0.2, 0.25) is 0 Å². The number of nitrogens with zero attached hydrogens (tertiary/aromatic N) is 3. The largest absolute Gasteiger partial charge is 0.387 e. The quantitative estimate of drug-likeness (QED) is 0.392. The van der Waals surface area contributed by atoms with Crippen molar-refractivity contribution in [2.24, 2.45) is 0 Å². The minimum atomic E-state index is -0.793. The summed E-state index contributed by atoms with van der Waals surface area (Å²) in [6.07, 6.45) is 3.16. The van der Waals surface area contributed by atoms with Gasteiger partial charge in [-0.05, 0) is 37.1 Å². The molecule has 2 N–H and O–H groups in total. The Morgan fingerprint density at radius 2 is 1.91 bits per heavy atom. The van der Waals surface area contributed by atoms with Crippen LogP contribution in [0.4, 0.5) is 5.82 Å². The molecule has 0 bridgehead atoms. The zero-order valence-corrected chi connectivity index (χ0v) is 19.9. The topological polar surface area (TPSA) is 86.9 Å². The van der Waals surface area contributed by atoms with E-state index in [9.17, 15) is 14.7 Å². The number of fused-ring (bicyclic) bond motifs is 1. The molecule has 0 radical (unpaired) electrons. The van der Waals surface area contributed by atoms with E-state index in [1.165, 1.54) is 16.2 Å². The van der Waals surface area contributed by atoms with Gasteiger partial charge in [-0.15, -0.1) is 0 Å². The minimum Gasteiger partial charge on any atom is -0.387 e. The molecule has 1 saturated heterocycles. The van der Waals surface area contributed by atoms with E-state index < -0.39 is 6.10 Å². The Morgan fingerprint density at radius 1 is 1.18 bits per heavy atom. The molecule has 1 aliphatic rings. The molecule has 1 amide bonds. The van der Waals surface area contributed by atoms with Gasteiger partial charge in [0, 0.05) is 18.8 Å². The molecule has 2 atom stereocenters. The van der Waals surface area contributed by atoms with Gasteiger partial charge in [-0.2, -0.15) is 0 Å². The number of aliphatic hydroxyl groups is 1. The van der Waals surface area contributed by atoms with Gasteiger partial charge in [0.1, 0.15) is 15.8 Å². The summed E-state index contributed by atoms with van der Waals surface area (Å²) in [5, 5.41) is 13.7. The van der Waals surface area contributed by atoms with Crippen LogP contribution < -0.4 is 10.9 Å². The molecule has 170 valence electrons. The van der Waals surface area contributed by atoms with Gasteiger partial charge < -0.3 is 10.4 Å². The summed E-state index contributed by atoms with van der Waals surface area (Å²) in [7, 11) is 0. The van der Waals surface area contributed by atoms with Crippen LogP contribution in [0.1, 0.15) is 37.5 Å². The number of rotatable bonds is 7. The summed E-state index contributed by atoms with van der Waals surface area (Å²) < 4.78 is 1.91. The Balaban J connectivity index is 1.73. The molecule has 2 unspecified atom stereocenters. The van der Waals surface area contributed by atoms with Crippen LogP contribution in [-0.2, 0) is 4.79 Å². The van der Waals surface area contributed by atoms with E-state index in [0.29, 0.717) is 20.7 Å². The average Bonchev–Trinajstić information content (AvgIpc) is 3.12. The number of aromatic nitrogens is 2. The molecule has 4 rings (SSSR count). The molecule has 1 aliphatic heterocycles. The number of hydrogen-bond acceptors (Lipinski definition) is 7. The Morgan fingerprint density at radius 3 is 2.64 bits per heavy atom. The predicted molar refractivity (Wildman–Crippen MR) is 136 cm³/mol. The van der Waals surface area contributed by atoms with E-state index in [-0.39, 0.29) is 29.6 Å². The Labute approximate surface area is 201 Å². The Bertz CT molecular complexity index is 1290.